The average Bonchev–Trinajstić information content (AvgIpc) is 3.29. The van der Waals surface area contributed by atoms with E-state index in [1.807, 2.05) is 0 Å². The lowest BCUT2D eigenvalue weighted by Crippen LogP contribution is -2.61. The number of halogens is 2. The second-order valence-electron chi connectivity index (χ2n) is 8.10. The van der Waals surface area contributed by atoms with Gasteiger partial charge in [0.15, 0.2) is 0 Å². The summed E-state index contributed by atoms with van der Waals surface area (Å²) < 4.78 is 43.7. The maximum Gasteiger partial charge on any atom is 0.342 e. The molecular weight excluding hydrogens is 440 g/mol. The Kier molecular flexibility index (Phi) is 5.89. The molecule has 10 heteroatoms. The van der Waals surface area contributed by atoms with Crippen molar-refractivity contribution >= 4 is 17.9 Å². The number of fused-ring (bicyclic) bond motifs is 1. The molecule has 5 atom stereocenters. The maximum atomic E-state index is 15.0. The maximum absolute atomic E-state index is 15.0. The Labute approximate surface area is 187 Å². The van der Waals surface area contributed by atoms with Crippen molar-refractivity contribution in [2.45, 2.75) is 30.3 Å². The van der Waals surface area contributed by atoms with Gasteiger partial charge < -0.3 is 25.1 Å². The molecule has 0 saturated heterocycles. The standard InChI is InChI=1S/C23H21F2NO7/c24-15-8-6-13(7-9-15)11-31-17-10-16-18(22(16,25)20(28)29)23(17,26)21(30)33-12-32-19(27)14-4-2-1-3-5-14/h1-9,16-18H,10-12,26H2,(H,28,29)/t16-,17-,18+,22-,23+/m1/s1. The van der Waals surface area contributed by atoms with Crippen LogP contribution in [0.3, 0.4) is 0 Å². The van der Waals surface area contributed by atoms with Gasteiger partial charge >= 0.3 is 17.9 Å². The second-order valence-corrected chi connectivity index (χ2v) is 8.10. The summed E-state index contributed by atoms with van der Waals surface area (Å²) in [5, 5.41) is 9.30. The number of hydrogen-bond acceptors (Lipinski definition) is 7. The lowest BCUT2D eigenvalue weighted by Gasteiger charge is -2.33. The van der Waals surface area contributed by atoms with Crippen molar-refractivity contribution in [3.63, 3.8) is 0 Å². The molecule has 2 aliphatic rings. The Morgan fingerprint density at radius 2 is 1.73 bits per heavy atom. The van der Waals surface area contributed by atoms with Crippen LogP contribution in [0.2, 0.25) is 0 Å². The van der Waals surface area contributed by atoms with Crippen molar-refractivity contribution in [1.82, 2.24) is 0 Å². The van der Waals surface area contributed by atoms with Crippen molar-refractivity contribution in [3.8, 4) is 0 Å². The molecule has 0 aliphatic heterocycles. The first-order valence-electron chi connectivity index (χ1n) is 10.2. The van der Waals surface area contributed by atoms with Crippen LogP contribution in [0.15, 0.2) is 54.6 Å². The molecule has 2 saturated carbocycles. The molecule has 0 spiro atoms. The molecular formula is C23H21F2NO7. The van der Waals surface area contributed by atoms with Crippen LogP contribution in [0, 0.1) is 17.7 Å². The van der Waals surface area contributed by atoms with Gasteiger partial charge in [0, 0.05) is 11.8 Å². The third-order valence-electron chi connectivity index (χ3n) is 6.24. The number of esters is 2. The van der Waals surface area contributed by atoms with Crippen molar-refractivity contribution < 1.29 is 42.5 Å². The predicted octanol–water partition coefficient (Wildman–Crippen LogP) is 2.21. The molecule has 2 fully saturated rings. The Hall–Kier alpha value is -3.37. The number of nitrogens with two attached hydrogens (primary N) is 1. The van der Waals surface area contributed by atoms with E-state index in [-0.39, 0.29) is 18.6 Å². The SMILES string of the molecule is N[C@]1(C(=O)OCOC(=O)c2ccccc2)[C@H]2[C@@H](C[C@H]1OCc1ccc(F)cc1)[C@]2(F)C(=O)O. The summed E-state index contributed by atoms with van der Waals surface area (Å²) in [6.07, 6.45) is -1.18. The van der Waals surface area contributed by atoms with Crippen molar-refractivity contribution in [2.75, 3.05) is 6.79 Å². The second kappa shape index (κ2) is 8.53. The fraction of sp³-hybridized carbons (Fsp3) is 0.348. The number of rotatable bonds is 8. The molecule has 8 nitrogen and oxygen atoms in total. The van der Waals surface area contributed by atoms with E-state index >= 15 is 0 Å². The molecule has 0 heterocycles. The van der Waals surface area contributed by atoms with Crippen LogP contribution in [-0.2, 0) is 30.4 Å². The van der Waals surface area contributed by atoms with E-state index < -0.39 is 59.7 Å². The van der Waals surface area contributed by atoms with Crippen LogP contribution in [0.4, 0.5) is 8.78 Å². The Bertz CT molecular complexity index is 1060. The van der Waals surface area contributed by atoms with Crippen LogP contribution in [-0.4, -0.2) is 47.1 Å². The number of carbonyl (C=O) groups excluding carboxylic acids is 2. The molecule has 2 aromatic carbocycles. The van der Waals surface area contributed by atoms with E-state index in [1.165, 1.54) is 36.4 Å². The summed E-state index contributed by atoms with van der Waals surface area (Å²) in [4.78, 5) is 36.3. The zero-order valence-electron chi connectivity index (χ0n) is 17.3. The third kappa shape index (κ3) is 3.96. The number of carboxylic acids is 1. The number of carbonyl (C=O) groups is 3. The van der Waals surface area contributed by atoms with Crippen LogP contribution >= 0.6 is 0 Å². The van der Waals surface area contributed by atoms with Crippen LogP contribution in [0.5, 0.6) is 0 Å². The molecule has 4 rings (SSSR count). The highest BCUT2D eigenvalue weighted by Crippen LogP contribution is 2.67. The molecule has 2 aromatic rings. The van der Waals surface area contributed by atoms with Crippen LogP contribution < -0.4 is 5.73 Å². The normalized spacial score (nSPS) is 29.7. The van der Waals surface area contributed by atoms with Crippen LogP contribution in [0.25, 0.3) is 0 Å². The van der Waals surface area contributed by atoms with E-state index in [2.05, 4.69) is 0 Å². The first kappa shape index (κ1) is 22.8. The monoisotopic (exact) mass is 461 g/mol. The number of ether oxygens (including phenoxy) is 3. The van der Waals surface area contributed by atoms with Gasteiger partial charge in [0.2, 0.25) is 12.5 Å². The molecule has 2 aliphatic carbocycles. The minimum absolute atomic E-state index is 0.0635. The van der Waals surface area contributed by atoms with Gasteiger partial charge in [-0.2, -0.15) is 0 Å². The summed E-state index contributed by atoms with van der Waals surface area (Å²) in [6.45, 7) is -0.855. The third-order valence-corrected chi connectivity index (χ3v) is 6.24. The van der Waals surface area contributed by atoms with Gasteiger partial charge in [-0.1, -0.05) is 30.3 Å². The number of aliphatic carboxylic acids is 1. The zero-order chi connectivity index (χ0) is 23.8. The first-order chi connectivity index (χ1) is 15.7. The fourth-order valence-electron chi connectivity index (χ4n) is 4.49. The fourth-order valence-corrected chi connectivity index (χ4v) is 4.49. The van der Waals surface area contributed by atoms with Gasteiger partial charge in [0.25, 0.3) is 0 Å². The molecule has 0 bridgehead atoms. The Morgan fingerprint density at radius 3 is 2.36 bits per heavy atom. The number of hydrogen-bond donors (Lipinski definition) is 2. The van der Waals surface area contributed by atoms with Gasteiger partial charge in [-0.15, -0.1) is 0 Å². The van der Waals surface area contributed by atoms with E-state index in [1.54, 1.807) is 18.2 Å². The summed E-state index contributed by atoms with van der Waals surface area (Å²) in [6, 6.07) is 13.4. The van der Waals surface area contributed by atoms with Gasteiger partial charge in [-0.25, -0.2) is 23.2 Å². The zero-order valence-corrected chi connectivity index (χ0v) is 17.3. The van der Waals surface area contributed by atoms with Gasteiger partial charge in [-0.3, -0.25) is 0 Å². The summed E-state index contributed by atoms with van der Waals surface area (Å²) in [7, 11) is 0. The number of alkyl halides is 1. The Morgan fingerprint density at radius 1 is 1.06 bits per heavy atom. The number of carboxylic acid groups (broad SMARTS) is 1. The van der Waals surface area contributed by atoms with E-state index in [9.17, 15) is 28.3 Å². The topological polar surface area (TPSA) is 125 Å². The summed E-state index contributed by atoms with van der Waals surface area (Å²) >= 11 is 0. The first-order valence-corrected chi connectivity index (χ1v) is 10.2. The highest BCUT2D eigenvalue weighted by Gasteiger charge is 2.85. The summed E-state index contributed by atoms with van der Waals surface area (Å²) in [5.74, 6) is -6.44. The minimum atomic E-state index is -2.68. The molecule has 0 amide bonds. The van der Waals surface area contributed by atoms with Crippen molar-refractivity contribution in [2.24, 2.45) is 17.6 Å². The lowest BCUT2D eigenvalue weighted by molar-refractivity contribution is -0.168. The minimum Gasteiger partial charge on any atom is -0.479 e. The molecule has 0 aromatic heterocycles. The average molecular weight is 461 g/mol. The van der Waals surface area contributed by atoms with Gasteiger partial charge in [0.1, 0.15) is 11.4 Å². The highest BCUT2D eigenvalue weighted by atomic mass is 19.1. The van der Waals surface area contributed by atoms with E-state index in [4.69, 9.17) is 19.9 Å². The van der Waals surface area contributed by atoms with E-state index in [0.29, 0.717) is 5.56 Å². The van der Waals surface area contributed by atoms with E-state index in [0.717, 1.165) is 0 Å². The lowest BCUT2D eigenvalue weighted by atomic mass is 9.87. The summed E-state index contributed by atoms with van der Waals surface area (Å²) in [5.41, 5.74) is 2.28. The molecule has 0 unspecified atom stereocenters. The van der Waals surface area contributed by atoms with Crippen LogP contribution in [0.1, 0.15) is 22.3 Å². The molecule has 174 valence electrons. The molecule has 0 radical (unpaired) electrons. The van der Waals surface area contributed by atoms with Crippen molar-refractivity contribution in [1.29, 1.82) is 0 Å². The number of benzene rings is 2. The molecule has 3 N–H and O–H groups in total. The highest BCUT2D eigenvalue weighted by molar-refractivity contribution is 5.92. The largest absolute Gasteiger partial charge is 0.479 e. The molecule has 33 heavy (non-hydrogen) atoms. The smallest absolute Gasteiger partial charge is 0.342 e. The van der Waals surface area contributed by atoms with Gasteiger partial charge in [-0.05, 0) is 36.2 Å². The predicted molar refractivity (Wildman–Crippen MR) is 108 cm³/mol. The van der Waals surface area contributed by atoms with Crippen molar-refractivity contribution in [3.05, 3.63) is 71.5 Å². The quantitative estimate of drug-likeness (QED) is 0.453. The van der Waals surface area contributed by atoms with Gasteiger partial charge in [0.05, 0.1) is 18.3 Å². The Balaban J connectivity index is 1.44.